The second-order valence-electron chi connectivity index (χ2n) is 5.16. The standard InChI is InChI=1S/C14H24N2O4S2/c1-5-11-16(12-6-2)22(19,20)14-9-7-13(8-10-14)21(17,18)15(3)4/h7-10H,5-6,11-12H2,1-4H3. The van der Waals surface area contributed by atoms with E-state index in [1.54, 1.807) is 0 Å². The first-order valence-electron chi connectivity index (χ1n) is 7.20. The molecule has 0 N–H and O–H groups in total. The number of benzene rings is 1. The maximum Gasteiger partial charge on any atom is 0.243 e. The van der Waals surface area contributed by atoms with E-state index in [9.17, 15) is 16.8 Å². The van der Waals surface area contributed by atoms with Gasteiger partial charge in [0.15, 0.2) is 0 Å². The number of hydrogen-bond acceptors (Lipinski definition) is 4. The summed E-state index contributed by atoms with van der Waals surface area (Å²) in [5, 5.41) is 0. The van der Waals surface area contributed by atoms with Crippen LogP contribution in [0.4, 0.5) is 0 Å². The zero-order chi connectivity index (χ0) is 17.0. The van der Waals surface area contributed by atoms with Crippen LogP contribution in [0.1, 0.15) is 26.7 Å². The molecule has 0 saturated carbocycles. The molecule has 1 aromatic carbocycles. The van der Waals surface area contributed by atoms with E-state index >= 15 is 0 Å². The Morgan fingerprint density at radius 1 is 0.773 bits per heavy atom. The predicted octanol–water partition coefficient (Wildman–Crippen LogP) is 1.75. The number of sulfonamides is 2. The highest BCUT2D eigenvalue weighted by molar-refractivity contribution is 7.89. The van der Waals surface area contributed by atoms with E-state index in [4.69, 9.17) is 0 Å². The van der Waals surface area contributed by atoms with Crippen molar-refractivity contribution in [2.45, 2.75) is 36.5 Å². The molecule has 0 aliphatic rings. The van der Waals surface area contributed by atoms with Gasteiger partial charge in [0.25, 0.3) is 0 Å². The van der Waals surface area contributed by atoms with Crippen molar-refractivity contribution in [1.29, 1.82) is 0 Å². The molecule has 1 aromatic rings. The van der Waals surface area contributed by atoms with Gasteiger partial charge in [-0.05, 0) is 37.1 Å². The lowest BCUT2D eigenvalue weighted by Crippen LogP contribution is -2.32. The fourth-order valence-electron chi connectivity index (χ4n) is 1.99. The summed E-state index contributed by atoms with van der Waals surface area (Å²) in [6.45, 7) is 4.75. The highest BCUT2D eigenvalue weighted by atomic mass is 32.2. The van der Waals surface area contributed by atoms with E-state index in [1.165, 1.54) is 42.7 Å². The van der Waals surface area contributed by atoms with Crippen LogP contribution in [0.3, 0.4) is 0 Å². The molecule has 0 saturated heterocycles. The van der Waals surface area contributed by atoms with Gasteiger partial charge in [-0.15, -0.1) is 0 Å². The third-order valence-electron chi connectivity index (χ3n) is 3.19. The SMILES string of the molecule is CCCN(CCC)S(=O)(=O)c1ccc(S(=O)(=O)N(C)C)cc1. The third-order valence-corrected chi connectivity index (χ3v) is 6.93. The first-order valence-corrected chi connectivity index (χ1v) is 10.1. The normalized spacial score (nSPS) is 13.0. The van der Waals surface area contributed by atoms with Gasteiger partial charge in [-0.1, -0.05) is 13.8 Å². The first kappa shape index (κ1) is 19.1. The third kappa shape index (κ3) is 4.07. The van der Waals surface area contributed by atoms with E-state index in [-0.39, 0.29) is 9.79 Å². The molecule has 0 amide bonds. The minimum absolute atomic E-state index is 0.0778. The van der Waals surface area contributed by atoms with Crippen LogP contribution in [-0.2, 0) is 20.0 Å². The van der Waals surface area contributed by atoms with Crippen LogP contribution in [0.15, 0.2) is 34.1 Å². The van der Waals surface area contributed by atoms with Crippen molar-refractivity contribution in [3.8, 4) is 0 Å². The van der Waals surface area contributed by atoms with Gasteiger partial charge in [0, 0.05) is 27.2 Å². The van der Waals surface area contributed by atoms with Gasteiger partial charge in [0.05, 0.1) is 9.79 Å². The molecule has 22 heavy (non-hydrogen) atoms. The molecule has 0 heterocycles. The maximum atomic E-state index is 12.6. The van der Waals surface area contributed by atoms with Crippen molar-refractivity contribution in [1.82, 2.24) is 8.61 Å². The smallest absolute Gasteiger partial charge is 0.207 e. The first-order chi connectivity index (χ1) is 10.2. The van der Waals surface area contributed by atoms with E-state index in [2.05, 4.69) is 0 Å². The molecule has 126 valence electrons. The molecule has 8 heteroatoms. The van der Waals surface area contributed by atoms with Crippen LogP contribution in [0.5, 0.6) is 0 Å². The van der Waals surface area contributed by atoms with Crippen molar-refractivity contribution < 1.29 is 16.8 Å². The maximum absolute atomic E-state index is 12.6. The Morgan fingerprint density at radius 3 is 1.45 bits per heavy atom. The van der Waals surface area contributed by atoms with Crippen molar-refractivity contribution in [2.75, 3.05) is 27.2 Å². The minimum Gasteiger partial charge on any atom is -0.207 e. The Balaban J connectivity index is 3.18. The highest BCUT2D eigenvalue weighted by Crippen LogP contribution is 2.20. The largest absolute Gasteiger partial charge is 0.243 e. The Kier molecular flexibility index (Phi) is 6.54. The highest BCUT2D eigenvalue weighted by Gasteiger charge is 2.24. The van der Waals surface area contributed by atoms with E-state index in [0.29, 0.717) is 13.1 Å². The van der Waals surface area contributed by atoms with Gasteiger partial charge in [-0.3, -0.25) is 0 Å². The second-order valence-corrected chi connectivity index (χ2v) is 9.25. The summed E-state index contributed by atoms with van der Waals surface area (Å²) in [6, 6.07) is 5.37. The van der Waals surface area contributed by atoms with Crippen molar-refractivity contribution in [3.63, 3.8) is 0 Å². The number of nitrogens with zero attached hydrogens (tertiary/aromatic N) is 2. The average molecular weight is 348 g/mol. The molecule has 0 bridgehead atoms. The summed E-state index contributed by atoms with van der Waals surface area (Å²) >= 11 is 0. The Labute approximate surface area is 133 Å². The molecule has 0 aromatic heterocycles. The molecular formula is C14H24N2O4S2. The molecule has 1 rings (SSSR count). The lowest BCUT2D eigenvalue weighted by molar-refractivity contribution is 0.410. The summed E-state index contributed by atoms with van der Waals surface area (Å²) in [7, 11) is -4.27. The average Bonchev–Trinajstić information content (AvgIpc) is 2.47. The zero-order valence-corrected chi connectivity index (χ0v) is 15.1. The van der Waals surface area contributed by atoms with E-state index in [1.807, 2.05) is 13.8 Å². The summed E-state index contributed by atoms with van der Waals surface area (Å²) in [4.78, 5) is 0.195. The predicted molar refractivity (Wildman–Crippen MR) is 86.7 cm³/mol. The summed E-state index contributed by atoms with van der Waals surface area (Å²) in [5.74, 6) is 0. The van der Waals surface area contributed by atoms with E-state index in [0.717, 1.165) is 17.1 Å². The van der Waals surface area contributed by atoms with Gasteiger partial charge in [-0.25, -0.2) is 21.1 Å². The van der Waals surface area contributed by atoms with Crippen molar-refractivity contribution in [2.24, 2.45) is 0 Å². The fourth-order valence-corrected chi connectivity index (χ4v) is 4.52. The van der Waals surface area contributed by atoms with Gasteiger partial charge in [-0.2, -0.15) is 4.31 Å². The molecule has 0 atom stereocenters. The molecular weight excluding hydrogens is 324 g/mol. The van der Waals surface area contributed by atoms with Gasteiger partial charge in [0.2, 0.25) is 20.0 Å². The van der Waals surface area contributed by atoms with Gasteiger partial charge >= 0.3 is 0 Å². The topological polar surface area (TPSA) is 74.8 Å². The lowest BCUT2D eigenvalue weighted by Gasteiger charge is -2.21. The molecule has 6 nitrogen and oxygen atoms in total. The molecule has 0 aliphatic carbocycles. The minimum atomic E-state index is -3.58. The lowest BCUT2D eigenvalue weighted by atomic mass is 10.4. The molecule has 0 unspecified atom stereocenters. The summed E-state index contributed by atoms with van der Waals surface area (Å²) in [5.41, 5.74) is 0. The van der Waals surface area contributed by atoms with Crippen molar-refractivity contribution >= 4 is 20.0 Å². The van der Waals surface area contributed by atoms with Gasteiger partial charge < -0.3 is 0 Å². The molecule has 0 radical (unpaired) electrons. The Morgan fingerprint density at radius 2 is 1.14 bits per heavy atom. The van der Waals surface area contributed by atoms with Crippen LogP contribution >= 0.6 is 0 Å². The quantitative estimate of drug-likeness (QED) is 0.717. The van der Waals surface area contributed by atoms with Crippen LogP contribution in [0.2, 0.25) is 0 Å². The fraction of sp³-hybridized carbons (Fsp3) is 0.571. The summed E-state index contributed by atoms with van der Waals surface area (Å²) in [6.07, 6.45) is 1.46. The Bertz CT molecular complexity index is 674. The number of rotatable bonds is 8. The molecule has 0 aliphatic heterocycles. The second kappa shape index (κ2) is 7.54. The van der Waals surface area contributed by atoms with Crippen LogP contribution in [0, 0.1) is 0 Å². The Hall–Kier alpha value is -0.960. The zero-order valence-electron chi connectivity index (χ0n) is 13.5. The van der Waals surface area contributed by atoms with E-state index < -0.39 is 20.0 Å². The molecule has 0 fully saturated rings. The molecule has 0 spiro atoms. The van der Waals surface area contributed by atoms with Gasteiger partial charge in [0.1, 0.15) is 0 Å². The number of hydrogen-bond donors (Lipinski definition) is 0. The van der Waals surface area contributed by atoms with Crippen LogP contribution < -0.4 is 0 Å². The summed E-state index contributed by atoms with van der Waals surface area (Å²) < 4.78 is 51.7. The van der Waals surface area contributed by atoms with Crippen molar-refractivity contribution in [3.05, 3.63) is 24.3 Å². The van der Waals surface area contributed by atoms with Crippen LogP contribution in [-0.4, -0.2) is 52.6 Å². The van der Waals surface area contributed by atoms with Crippen LogP contribution in [0.25, 0.3) is 0 Å². The monoisotopic (exact) mass is 348 g/mol.